The fraction of sp³-hybridized carbons (Fsp3) is 0.500. The molecular formula is C14H20N2O2. The van der Waals surface area contributed by atoms with Gasteiger partial charge in [0.1, 0.15) is 0 Å². The molecule has 1 fully saturated rings. The molecule has 0 radical (unpaired) electrons. The fourth-order valence-corrected chi connectivity index (χ4v) is 2.17. The Kier molecular flexibility index (Phi) is 4.73. The second kappa shape index (κ2) is 6.52. The van der Waals surface area contributed by atoms with E-state index < -0.39 is 0 Å². The summed E-state index contributed by atoms with van der Waals surface area (Å²) in [5, 5.41) is 6.14. The van der Waals surface area contributed by atoms with Gasteiger partial charge in [-0.3, -0.25) is 4.79 Å². The molecule has 18 heavy (non-hydrogen) atoms. The average molecular weight is 248 g/mol. The molecule has 1 aliphatic heterocycles. The molecule has 4 nitrogen and oxygen atoms in total. The smallest absolute Gasteiger partial charge is 0.237 e. The van der Waals surface area contributed by atoms with Crippen molar-refractivity contribution in [2.75, 3.05) is 13.2 Å². The second-order valence-corrected chi connectivity index (χ2v) is 4.48. The number of hydrogen-bond acceptors (Lipinski definition) is 3. The van der Waals surface area contributed by atoms with Crippen LogP contribution in [0.4, 0.5) is 0 Å². The molecule has 2 rings (SSSR count). The Bertz CT molecular complexity index is 381. The first kappa shape index (κ1) is 13.1. The van der Waals surface area contributed by atoms with Crippen molar-refractivity contribution in [1.82, 2.24) is 10.6 Å². The first-order valence-electron chi connectivity index (χ1n) is 6.46. The molecule has 2 N–H and O–H groups in total. The molecule has 0 bridgehead atoms. The number of rotatable bonds is 5. The minimum Gasteiger partial charge on any atom is -0.377 e. The van der Waals surface area contributed by atoms with Crippen LogP contribution < -0.4 is 10.6 Å². The molecule has 4 heteroatoms. The Hall–Kier alpha value is -1.39. The van der Waals surface area contributed by atoms with Gasteiger partial charge in [0.05, 0.1) is 12.1 Å². The standard InChI is InChI=1S/C14H20N2O2/c1-2-18-12-8-13(15-10-12)14(17)16-9-11-6-4-3-5-7-11/h3-7,12-13,15H,2,8-10H2,1H3,(H,16,17)/t12-,13+/m1/s1. The van der Waals surface area contributed by atoms with Crippen molar-refractivity contribution in [2.45, 2.75) is 32.0 Å². The SMILES string of the molecule is CCO[C@H]1CN[C@H](C(=O)NCc2ccccc2)C1. The first-order valence-corrected chi connectivity index (χ1v) is 6.46. The molecule has 0 aromatic heterocycles. The predicted octanol–water partition coefficient (Wildman–Crippen LogP) is 1.07. The predicted molar refractivity (Wildman–Crippen MR) is 70.1 cm³/mol. The van der Waals surface area contributed by atoms with Crippen LogP contribution in [0.5, 0.6) is 0 Å². The summed E-state index contributed by atoms with van der Waals surface area (Å²) in [6.07, 6.45) is 0.927. The largest absolute Gasteiger partial charge is 0.377 e. The van der Waals surface area contributed by atoms with Gasteiger partial charge in [-0.2, -0.15) is 0 Å². The number of carbonyl (C=O) groups excluding carboxylic acids is 1. The lowest BCUT2D eigenvalue weighted by Crippen LogP contribution is -2.39. The van der Waals surface area contributed by atoms with Gasteiger partial charge in [-0.1, -0.05) is 30.3 Å². The molecule has 1 aromatic carbocycles. The summed E-state index contributed by atoms with van der Waals surface area (Å²) >= 11 is 0. The maximum absolute atomic E-state index is 11.9. The van der Waals surface area contributed by atoms with Crippen LogP contribution in [0.3, 0.4) is 0 Å². The molecule has 0 unspecified atom stereocenters. The fourth-order valence-electron chi connectivity index (χ4n) is 2.17. The third-order valence-electron chi connectivity index (χ3n) is 3.12. The Morgan fingerprint density at radius 3 is 2.94 bits per heavy atom. The van der Waals surface area contributed by atoms with Crippen LogP contribution in [-0.2, 0) is 16.1 Å². The zero-order valence-electron chi connectivity index (χ0n) is 10.7. The average Bonchev–Trinajstić information content (AvgIpc) is 2.86. The quantitative estimate of drug-likeness (QED) is 0.819. The highest BCUT2D eigenvalue weighted by atomic mass is 16.5. The van der Waals surface area contributed by atoms with Gasteiger partial charge >= 0.3 is 0 Å². The number of amides is 1. The lowest BCUT2D eigenvalue weighted by Gasteiger charge is -2.11. The summed E-state index contributed by atoms with van der Waals surface area (Å²) in [7, 11) is 0. The number of hydrogen-bond donors (Lipinski definition) is 2. The molecular weight excluding hydrogens is 228 g/mol. The van der Waals surface area contributed by atoms with Crippen molar-refractivity contribution < 1.29 is 9.53 Å². The van der Waals surface area contributed by atoms with E-state index in [1.54, 1.807) is 0 Å². The number of nitrogens with one attached hydrogen (secondary N) is 2. The van der Waals surface area contributed by atoms with Gasteiger partial charge in [0, 0.05) is 19.7 Å². The lowest BCUT2D eigenvalue weighted by atomic mass is 10.2. The van der Waals surface area contributed by atoms with E-state index in [1.807, 2.05) is 37.3 Å². The summed E-state index contributed by atoms with van der Waals surface area (Å²) in [4.78, 5) is 11.9. The molecule has 1 saturated heterocycles. The number of carbonyl (C=O) groups is 1. The van der Waals surface area contributed by atoms with Crippen LogP contribution in [-0.4, -0.2) is 31.2 Å². The van der Waals surface area contributed by atoms with Gasteiger partial charge in [-0.25, -0.2) is 0 Å². The first-order chi connectivity index (χ1) is 8.79. The van der Waals surface area contributed by atoms with Gasteiger partial charge < -0.3 is 15.4 Å². The molecule has 1 aliphatic rings. The van der Waals surface area contributed by atoms with Crippen LogP contribution in [0.25, 0.3) is 0 Å². The summed E-state index contributed by atoms with van der Waals surface area (Å²) in [5.74, 6) is 0.0565. The van der Waals surface area contributed by atoms with Crippen LogP contribution >= 0.6 is 0 Å². The van der Waals surface area contributed by atoms with Gasteiger partial charge in [0.2, 0.25) is 5.91 Å². The molecule has 0 saturated carbocycles. The zero-order valence-corrected chi connectivity index (χ0v) is 10.7. The molecule has 1 aromatic rings. The van der Waals surface area contributed by atoms with Crippen LogP contribution in [0.15, 0.2) is 30.3 Å². The van der Waals surface area contributed by atoms with Crippen molar-refractivity contribution in [3.05, 3.63) is 35.9 Å². The van der Waals surface area contributed by atoms with Gasteiger partial charge in [0.15, 0.2) is 0 Å². The van der Waals surface area contributed by atoms with Crippen LogP contribution in [0.2, 0.25) is 0 Å². The summed E-state index contributed by atoms with van der Waals surface area (Å²) in [6, 6.07) is 9.80. The van der Waals surface area contributed by atoms with Crippen molar-refractivity contribution in [3.63, 3.8) is 0 Å². The molecule has 0 aliphatic carbocycles. The normalized spacial score (nSPS) is 22.9. The topological polar surface area (TPSA) is 50.4 Å². The van der Waals surface area contributed by atoms with Crippen molar-refractivity contribution in [1.29, 1.82) is 0 Å². The number of benzene rings is 1. The molecule has 2 atom stereocenters. The molecule has 1 heterocycles. The Morgan fingerprint density at radius 1 is 1.44 bits per heavy atom. The molecule has 0 spiro atoms. The lowest BCUT2D eigenvalue weighted by molar-refractivity contribution is -0.123. The third kappa shape index (κ3) is 3.55. The van der Waals surface area contributed by atoms with Gasteiger partial charge in [-0.15, -0.1) is 0 Å². The zero-order chi connectivity index (χ0) is 12.8. The van der Waals surface area contributed by atoms with Gasteiger partial charge in [0.25, 0.3) is 0 Å². The Balaban J connectivity index is 1.76. The van der Waals surface area contributed by atoms with E-state index in [0.717, 1.165) is 18.5 Å². The maximum atomic E-state index is 11.9. The van der Waals surface area contributed by atoms with Crippen molar-refractivity contribution in [3.8, 4) is 0 Å². The van der Waals surface area contributed by atoms with Crippen molar-refractivity contribution in [2.24, 2.45) is 0 Å². The highest BCUT2D eigenvalue weighted by Crippen LogP contribution is 2.10. The van der Waals surface area contributed by atoms with Gasteiger partial charge in [-0.05, 0) is 18.9 Å². The van der Waals surface area contributed by atoms with E-state index in [9.17, 15) is 4.79 Å². The highest BCUT2D eigenvalue weighted by Gasteiger charge is 2.29. The Labute approximate surface area is 108 Å². The van der Waals surface area contributed by atoms with E-state index in [0.29, 0.717) is 13.2 Å². The van der Waals surface area contributed by atoms with Crippen LogP contribution in [0.1, 0.15) is 18.9 Å². The summed E-state index contributed by atoms with van der Waals surface area (Å²) in [6.45, 7) is 4.02. The minimum absolute atomic E-state index is 0.0565. The minimum atomic E-state index is -0.120. The van der Waals surface area contributed by atoms with E-state index >= 15 is 0 Å². The third-order valence-corrected chi connectivity index (χ3v) is 3.12. The van der Waals surface area contributed by atoms with Crippen LogP contribution in [0, 0.1) is 0 Å². The summed E-state index contributed by atoms with van der Waals surface area (Å²) in [5.41, 5.74) is 1.12. The molecule has 1 amide bonds. The van der Waals surface area contributed by atoms with E-state index in [-0.39, 0.29) is 18.1 Å². The van der Waals surface area contributed by atoms with E-state index in [2.05, 4.69) is 10.6 Å². The van der Waals surface area contributed by atoms with Crippen molar-refractivity contribution >= 4 is 5.91 Å². The monoisotopic (exact) mass is 248 g/mol. The Morgan fingerprint density at radius 2 is 2.22 bits per heavy atom. The second-order valence-electron chi connectivity index (χ2n) is 4.48. The number of ether oxygens (including phenoxy) is 1. The van der Waals surface area contributed by atoms with E-state index in [1.165, 1.54) is 0 Å². The maximum Gasteiger partial charge on any atom is 0.237 e. The molecule has 98 valence electrons. The summed E-state index contributed by atoms with van der Waals surface area (Å²) < 4.78 is 5.50. The highest BCUT2D eigenvalue weighted by molar-refractivity contribution is 5.82. The van der Waals surface area contributed by atoms with E-state index in [4.69, 9.17) is 4.74 Å².